The third kappa shape index (κ3) is 2.10. The van der Waals surface area contributed by atoms with Crippen molar-refractivity contribution in [2.45, 2.75) is 0 Å². The molecule has 0 atom stereocenters. The average Bonchev–Trinajstić information content (AvgIpc) is 2.12. The number of aromatic nitrogens is 1. The van der Waals surface area contributed by atoms with Crippen molar-refractivity contribution >= 4 is 10.1 Å². The molecule has 0 spiro atoms. The summed E-state index contributed by atoms with van der Waals surface area (Å²) in [6.45, 7) is 0. The van der Waals surface area contributed by atoms with Crippen LogP contribution in [-0.4, -0.2) is 19.7 Å². The molecule has 4 nitrogen and oxygen atoms in total. The molecule has 0 bridgehead atoms. The molecule has 10 heavy (non-hydrogen) atoms. The standard InChI is InChI=1S/C5H7NO3S/c1-10(7,8)9-5-2-3-6-4-5/h2-4,6H,1H3. The van der Waals surface area contributed by atoms with E-state index in [4.69, 9.17) is 0 Å². The van der Waals surface area contributed by atoms with Crippen molar-refractivity contribution < 1.29 is 12.6 Å². The van der Waals surface area contributed by atoms with E-state index >= 15 is 0 Å². The van der Waals surface area contributed by atoms with Crippen molar-refractivity contribution in [3.8, 4) is 5.75 Å². The van der Waals surface area contributed by atoms with Crippen LogP contribution in [0.15, 0.2) is 18.5 Å². The summed E-state index contributed by atoms with van der Waals surface area (Å²) in [6.07, 6.45) is 4.04. The summed E-state index contributed by atoms with van der Waals surface area (Å²) >= 11 is 0. The van der Waals surface area contributed by atoms with E-state index < -0.39 is 10.1 Å². The van der Waals surface area contributed by atoms with Gasteiger partial charge in [-0.3, -0.25) is 0 Å². The zero-order valence-electron chi connectivity index (χ0n) is 5.37. The minimum atomic E-state index is -3.37. The average molecular weight is 161 g/mol. The van der Waals surface area contributed by atoms with E-state index in [0.29, 0.717) is 5.75 Å². The van der Waals surface area contributed by atoms with Gasteiger partial charge in [-0.05, 0) is 6.07 Å². The second-order valence-electron chi connectivity index (χ2n) is 1.83. The lowest BCUT2D eigenvalue weighted by Crippen LogP contribution is -2.04. The summed E-state index contributed by atoms with van der Waals surface area (Å²) in [5.41, 5.74) is 0. The minimum Gasteiger partial charge on any atom is -0.381 e. The molecule has 0 fully saturated rings. The zero-order chi connectivity index (χ0) is 7.61. The van der Waals surface area contributed by atoms with E-state index in [-0.39, 0.29) is 0 Å². The highest BCUT2D eigenvalue weighted by molar-refractivity contribution is 7.86. The van der Waals surface area contributed by atoms with E-state index in [2.05, 4.69) is 9.17 Å². The first kappa shape index (κ1) is 7.14. The number of hydrogen-bond acceptors (Lipinski definition) is 3. The van der Waals surface area contributed by atoms with Crippen LogP contribution in [0.2, 0.25) is 0 Å². The van der Waals surface area contributed by atoms with Crippen LogP contribution >= 0.6 is 0 Å². The van der Waals surface area contributed by atoms with Crippen LogP contribution < -0.4 is 4.18 Å². The van der Waals surface area contributed by atoms with Gasteiger partial charge in [0.2, 0.25) is 0 Å². The monoisotopic (exact) mass is 161 g/mol. The summed E-state index contributed by atoms with van der Waals surface area (Å²) in [5.74, 6) is 0.308. The molecule has 1 N–H and O–H groups in total. The Morgan fingerprint density at radius 3 is 2.70 bits per heavy atom. The molecular formula is C5H7NO3S. The van der Waals surface area contributed by atoms with Crippen LogP contribution in [0.5, 0.6) is 5.75 Å². The Bertz CT molecular complexity index is 287. The highest BCUT2D eigenvalue weighted by atomic mass is 32.2. The summed E-state index contributed by atoms with van der Waals surface area (Å²) in [6, 6.07) is 1.53. The smallest absolute Gasteiger partial charge is 0.306 e. The predicted octanol–water partition coefficient (Wildman–Crippen LogP) is 0.353. The van der Waals surface area contributed by atoms with E-state index in [1.807, 2.05) is 0 Å². The molecule has 1 heterocycles. The first-order valence-corrected chi connectivity index (χ1v) is 4.42. The maximum absolute atomic E-state index is 10.5. The Morgan fingerprint density at radius 2 is 2.30 bits per heavy atom. The highest BCUT2D eigenvalue weighted by Crippen LogP contribution is 2.08. The van der Waals surface area contributed by atoms with Crippen LogP contribution in [0.25, 0.3) is 0 Å². The maximum atomic E-state index is 10.5. The van der Waals surface area contributed by atoms with Gasteiger partial charge >= 0.3 is 10.1 Å². The van der Waals surface area contributed by atoms with Crippen LogP contribution in [0.4, 0.5) is 0 Å². The molecule has 0 aromatic carbocycles. The number of aromatic amines is 1. The van der Waals surface area contributed by atoms with E-state index in [1.165, 1.54) is 12.3 Å². The van der Waals surface area contributed by atoms with Crippen LogP contribution in [0.3, 0.4) is 0 Å². The van der Waals surface area contributed by atoms with Crippen molar-refractivity contribution in [1.29, 1.82) is 0 Å². The normalized spacial score (nSPS) is 11.3. The lowest BCUT2D eigenvalue weighted by Gasteiger charge is -1.96. The fraction of sp³-hybridized carbons (Fsp3) is 0.200. The molecule has 1 aromatic rings. The van der Waals surface area contributed by atoms with Gasteiger partial charge < -0.3 is 9.17 Å². The molecule has 0 unspecified atom stereocenters. The Kier molecular flexibility index (Phi) is 1.67. The molecule has 0 aliphatic heterocycles. The molecule has 1 rings (SSSR count). The minimum absolute atomic E-state index is 0.308. The zero-order valence-corrected chi connectivity index (χ0v) is 6.18. The second kappa shape index (κ2) is 2.34. The quantitative estimate of drug-likeness (QED) is 0.637. The van der Waals surface area contributed by atoms with Crippen molar-refractivity contribution in [1.82, 2.24) is 4.98 Å². The number of hydrogen-bond donors (Lipinski definition) is 1. The lowest BCUT2D eigenvalue weighted by molar-refractivity contribution is 0.493. The molecule has 0 amide bonds. The van der Waals surface area contributed by atoms with E-state index in [9.17, 15) is 8.42 Å². The summed E-state index contributed by atoms with van der Waals surface area (Å²) < 4.78 is 25.4. The number of rotatable bonds is 2. The molecule has 0 saturated heterocycles. The Hall–Kier alpha value is -0.970. The second-order valence-corrected chi connectivity index (χ2v) is 3.41. The molecule has 5 heteroatoms. The largest absolute Gasteiger partial charge is 0.381 e. The van der Waals surface area contributed by atoms with Gasteiger partial charge in [-0.15, -0.1) is 0 Å². The highest BCUT2D eigenvalue weighted by Gasteiger charge is 2.02. The summed E-state index contributed by atoms with van der Waals surface area (Å²) in [4.78, 5) is 2.66. The van der Waals surface area contributed by atoms with Crippen LogP contribution in [-0.2, 0) is 10.1 Å². The number of H-pyrrole nitrogens is 1. The fourth-order valence-electron chi connectivity index (χ4n) is 0.535. The summed E-state index contributed by atoms with van der Waals surface area (Å²) in [7, 11) is -3.37. The predicted molar refractivity (Wildman–Crippen MR) is 36.3 cm³/mol. The van der Waals surface area contributed by atoms with Crippen molar-refractivity contribution in [3.05, 3.63) is 18.5 Å². The molecule has 0 aliphatic carbocycles. The Labute approximate surface area is 59.0 Å². The van der Waals surface area contributed by atoms with Gasteiger partial charge in [-0.1, -0.05) is 0 Å². The Balaban J connectivity index is 2.75. The molecule has 1 aromatic heterocycles. The van der Waals surface area contributed by atoms with Crippen molar-refractivity contribution in [2.75, 3.05) is 6.26 Å². The van der Waals surface area contributed by atoms with Crippen LogP contribution in [0, 0.1) is 0 Å². The van der Waals surface area contributed by atoms with E-state index in [1.54, 1.807) is 6.20 Å². The molecule has 0 aliphatic rings. The fourth-order valence-corrected chi connectivity index (χ4v) is 0.988. The first-order valence-electron chi connectivity index (χ1n) is 2.60. The van der Waals surface area contributed by atoms with E-state index in [0.717, 1.165) is 6.26 Å². The van der Waals surface area contributed by atoms with Gasteiger partial charge in [0.1, 0.15) is 0 Å². The SMILES string of the molecule is CS(=O)(=O)Oc1cc[nH]c1. The molecule has 0 saturated carbocycles. The van der Waals surface area contributed by atoms with Gasteiger partial charge in [-0.25, -0.2) is 0 Å². The van der Waals surface area contributed by atoms with Gasteiger partial charge in [0.25, 0.3) is 0 Å². The van der Waals surface area contributed by atoms with Crippen LogP contribution in [0.1, 0.15) is 0 Å². The summed E-state index contributed by atoms with van der Waals surface area (Å²) in [5, 5.41) is 0. The van der Waals surface area contributed by atoms with Crippen molar-refractivity contribution in [3.63, 3.8) is 0 Å². The first-order chi connectivity index (χ1) is 4.58. The third-order valence-corrected chi connectivity index (χ3v) is 1.31. The molecule has 0 radical (unpaired) electrons. The molecular weight excluding hydrogens is 154 g/mol. The van der Waals surface area contributed by atoms with Gasteiger partial charge in [0.15, 0.2) is 5.75 Å². The number of nitrogens with one attached hydrogen (secondary N) is 1. The molecule has 56 valence electrons. The Morgan fingerprint density at radius 1 is 1.60 bits per heavy atom. The van der Waals surface area contributed by atoms with Gasteiger partial charge in [0.05, 0.1) is 6.26 Å². The van der Waals surface area contributed by atoms with Crippen molar-refractivity contribution in [2.24, 2.45) is 0 Å². The topological polar surface area (TPSA) is 59.2 Å². The van der Waals surface area contributed by atoms with Gasteiger partial charge in [-0.2, -0.15) is 8.42 Å². The van der Waals surface area contributed by atoms with Gasteiger partial charge in [0, 0.05) is 12.4 Å². The third-order valence-electron chi connectivity index (χ3n) is 0.817. The maximum Gasteiger partial charge on any atom is 0.306 e. The lowest BCUT2D eigenvalue weighted by atomic mass is 10.6.